The molecule has 1 saturated carbocycles. The monoisotopic (exact) mass is 488 g/mol. The Hall–Kier alpha value is -2.15. The van der Waals surface area contributed by atoms with Crippen LogP contribution in [0, 0.1) is 18.8 Å². The van der Waals surface area contributed by atoms with Crippen LogP contribution < -0.4 is 0 Å². The van der Waals surface area contributed by atoms with Gasteiger partial charge < -0.3 is 14.6 Å². The van der Waals surface area contributed by atoms with Crippen molar-refractivity contribution in [3.63, 3.8) is 0 Å². The molecule has 1 N–H and O–H groups in total. The molecule has 2 fully saturated rings. The van der Waals surface area contributed by atoms with E-state index in [1.165, 1.54) is 29.7 Å². The summed E-state index contributed by atoms with van der Waals surface area (Å²) in [5, 5.41) is 10.3. The fraction of sp³-hybridized carbons (Fsp3) is 0.750. The van der Waals surface area contributed by atoms with Gasteiger partial charge in [-0.2, -0.15) is 0 Å². The van der Waals surface area contributed by atoms with Crippen molar-refractivity contribution in [2.24, 2.45) is 11.8 Å². The maximum atomic E-state index is 13.6. The molecule has 1 saturated heterocycles. The zero-order valence-corrected chi connectivity index (χ0v) is 22.8. The SMILES string of the molecule is Cc1cnc(C[C@]2([C@H](CC(C)C)N(C(=O)O)C(C)(C)C)OC(C)(C)OC2=O)cc1CCCC1CC1. The molecule has 0 spiro atoms. The number of nitrogens with zero attached hydrogens (tertiary/aromatic N) is 2. The van der Waals surface area contributed by atoms with Crippen LogP contribution in [-0.2, 0) is 27.1 Å². The van der Waals surface area contributed by atoms with E-state index in [1.54, 1.807) is 13.8 Å². The molecule has 2 aliphatic rings. The molecule has 35 heavy (non-hydrogen) atoms. The molecule has 1 aromatic heterocycles. The van der Waals surface area contributed by atoms with Crippen LogP contribution in [0.3, 0.4) is 0 Å². The summed E-state index contributed by atoms with van der Waals surface area (Å²) < 4.78 is 12.1. The second kappa shape index (κ2) is 10.1. The number of aromatic nitrogens is 1. The lowest BCUT2D eigenvalue weighted by Gasteiger charge is -2.46. The normalized spacial score (nSPS) is 22.8. The number of esters is 1. The molecular formula is C28H44N2O5. The number of aryl methyl sites for hydroxylation is 2. The van der Waals surface area contributed by atoms with Gasteiger partial charge in [0.05, 0.1) is 6.04 Å². The lowest BCUT2D eigenvalue weighted by atomic mass is 9.80. The van der Waals surface area contributed by atoms with Crippen LogP contribution in [0.25, 0.3) is 0 Å². The van der Waals surface area contributed by atoms with Crippen molar-refractivity contribution in [2.75, 3.05) is 0 Å². The van der Waals surface area contributed by atoms with Crippen molar-refractivity contribution < 1.29 is 24.2 Å². The van der Waals surface area contributed by atoms with Crippen molar-refractivity contribution >= 4 is 12.1 Å². The molecule has 0 bridgehead atoms. The topological polar surface area (TPSA) is 89.0 Å². The van der Waals surface area contributed by atoms with Crippen molar-refractivity contribution in [3.8, 4) is 0 Å². The second-order valence-electron chi connectivity index (χ2n) is 12.4. The smallest absolute Gasteiger partial charge is 0.408 e. The van der Waals surface area contributed by atoms with Crippen molar-refractivity contribution in [2.45, 2.75) is 123 Å². The Labute approximate surface area is 210 Å². The minimum Gasteiger partial charge on any atom is -0.465 e. The van der Waals surface area contributed by atoms with Gasteiger partial charge in [-0.15, -0.1) is 0 Å². The Morgan fingerprint density at radius 2 is 1.94 bits per heavy atom. The molecule has 2 heterocycles. The molecule has 1 aliphatic heterocycles. The Morgan fingerprint density at radius 1 is 1.29 bits per heavy atom. The summed E-state index contributed by atoms with van der Waals surface area (Å²) in [7, 11) is 0. The van der Waals surface area contributed by atoms with Gasteiger partial charge in [-0.3, -0.25) is 9.88 Å². The Balaban J connectivity index is 2.03. The fourth-order valence-electron chi connectivity index (χ4n) is 5.32. The summed E-state index contributed by atoms with van der Waals surface area (Å²) in [5.41, 5.74) is 0.841. The average molecular weight is 489 g/mol. The molecule has 0 unspecified atom stereocenters. The number of carbonyl (C=O) groups excluding carboxylic acids is 1. The highest BCUT2D eigenvalue weighted by Crippen LogP contribution is 2.43. The number of hydrogen-bond acceptors (Lipinski definition) is 5. The van der Waals surface area contributed by atoms with E-state index in [4.69, 9.17) is 9.47 Å². The van der Waals surface area contributed by atoms with Crippen LogP contribution in [0.2, 0.25) is 0 Å². The Morgan fingerprint density at radius 3 is 2.43 bits per heavy atom. The molecule has 1 amide bonds. The van der Waals surface area contributed by atoms with Crippen LogP contribution in [0.4, 0.5) is 4.79 Å². The summed E-state index contributed by atoms with van der Waals surface area (Å²) in [5.74, 6) is -0.668. The van der Waals surface area contributed by atoms with E-state index in [1.807, 2.05) is 40.8 Å². The Kier molecular flexibility index (Phi) is 7.90. The maximum Gasteiger partial charge on any atom is 0.408 e. The number of pyridine rings is 1. The molecule has 0 aromatic carbocycles. The van der Waals surface area contributed by atoms with Crippen LogP contribution in [0.15, 0.2) is 12.3 Å². The van der Waals surface area contributed by atoms with E-state index in [2.05, 4.69) is 18.0 Å². The van der Waals surface area contributed by atoms with Gasteiger partial charge in [0.25, 0.3) is 0 Å². The van der Waals surface area contributed by atoms with Gasteiger partial charge in [0, 0.05) is 37.7 Å². The minimum atomic E-state index is -1.49. The van der Waals surface area contributed by atoms with Crippen molar-refractivity contribution in [1.82, 2.24) is 9.88 Å². The first-order valence-electron chi connectivity index (χ1n) is 13.0. The summed E-state index contributed by atoms with van der Waals surface area (Å²) in [6.45, 7) is 15.0. The third-order valence-electron chi connectivity index (χ3n) is 7.06. The third kappa shape index (κ3) is 6.54. The molecule has 7 heteroatoms. The van der Waals surface area contributed by atoms with E-state index in [9.17, 15) is 14.7 Å². The highest BCUT2D eigenvalue weighted by molar-refractivity contribution is 5.84. The minimum absolute atomic E-state index is 0.130. The molecule has 2 atom stereocenters. The summed E-state index contributed by atoms with van der Waals surface area (Å²) in [4.78, 5) is 32.2. The summed E-state index contributed by atoms with van der Waals surface area (Å²) in [6, 6.07) is 1.33. The number of rotatable bonds is 10. The van der Waals surface area contributed by atoms with Gasteiger partial charge in [-0.05, 0) is 76.0 Å². The fourth-order valence-corrected chi connectivity index (χ4v) is 5.32. The molecule has 0 radical (unpaired) electrons. The molecule has 3 rings (SSSR count). The van der Waals surface area contributed by atoms with E-state index < -0.39 is 35.0 Å². The third-order valence-corrected chi connectivity index (χ3v) is 7.06. The molecule has 196 valence electrons. The summed E-state index contributed by atoms with van der Waals surface area (Å²) >= 11 is 0. The predicted molar refractivity (Wildman–Crippen MR) is 135 cm³/mol. The molecule has 1 aromatic rings. The van der Waals surface area contributed by atoms with E-state index in [0.29, 0.717) is 6.42 Å². The van der Waals surface area contributed by atoms with Crippen molar-refractivity contribution in [1.29, 1.82) is 0 Å². The van der Waals surface area contributed by atoms with Crippen LogP contribution >= 0.6 is 0 Å². The second-order valence-corrected chi connectivity index (χ2v) is 12.4. The van der Waals surface area contributed by atoms with Crippen LogP contribution in [-0.4, -0.2) is 50.0 Å². The zero-order chi connectivity index (χ0) is 26.2. The average Bonchev–Trinajstić information content (AvgIpc) is 3.47. The number of carbonyl (C=O) groups is 2. The standard InChI is InChI=1S/C28H44N2O5/c1-18(2)14-23(30(25(32)33)26(4,5)6)28(24(31)34-27(7,8)35-28)16-22-15-21(19(3)17-29-22)11-9-10-20-12-13-20/h15,17-18,20,23H,9-14,16H2,1-8H3,(H,32,33)/t23-,28+/m0/s1. The highest BCUT2D eigenvalue weighted by atomic mass is 16.8. The molecule has 7 nitrogen and oxygen atoms in total. The zero-order valence-electron chi connectivity index (χ0n) is 22.8. The van der Waals surface area contributed by atoms with Crippen molar-refractivity contribution in [3.05, 3.63) is 29.1 Å². The van der Waals surface area contributed by atoms with Gasteiger partial charge in [0.1, 0.15) is 0 Å². The Bertz CT molecular complexity index is 932. The van der Waals surface area contributed by atoms with Gasteiger partial charge >= 0.3 is 12.1 Å². The number of carboxylic acid groups (broad SMARTS) is 1. The maximum absolute atomic E-state index is 13.6. The van der Waals surface area contributed by atoms with Gasteiger partial charge in [0.15, 0.2) is 5.60 Å². The highest BCUT2D eigenvalue weighted by Gasteiger charge is 2.62. The first-order chi connectivity index (χ1) is 16.1. The van der Waals surface area contributed by atoms with Crippen LogP contribution in [0.5, 0.6) is 0 Å². The lowest BCUT2D eigenvalue weighted by Crippen LogP contribution is -2.64. The van der Waals surface area contributed by atoms with Crippen LogP contribution in [0.1, 0.15) is 97.4 Å². The number of amides is 1. The first kappa shape index (κ1) is 27.4. The first-order valence-corrected chi connectivity index (χ1v) is 13.0. The molecular weight excluding hydrogens is 444 g/mol. The van der Waals surface area contributed by atoms with E-state index >= 15 is 0 Å². The van der Waals surface area contributed by atoms with Gasteiger partial charge in [-0.25, -0.2) is 9.59 Å². The van der Waals surface area contributed by atoms with E-state index in [-0.39, 0.29) is 12.3 Å². The molecule has 1 aliphatic carbocycles. The quantitative estimate of drug-likeness (QED) is 0.412. The largest absolute Gasteiger partial charge is 0.465 e. The number of ether oxygens (including phenoxy) is 2. The van der Waals surface area contributed by atoms with Gasteiger partial charge in [0.2, 0.25) is 5.79 Å². The lowest BCUT2D eigenvalue weighted by molar-refractivity contribution is -0.180. The van der Waals surface area contributed by atoms with E-state index in [0.717, 1.165) is 30.0 Å². The number of cyclic esters (lactones) is 1. The summed E-state index contributed by atoms with van der Waals surface area (Å²) in [6.07, 6.45) is 7.45. The number of hydrogen-bond donors (Lipinski definition) is 1. The predicted octanol–water partition coefficient (Wildman–Crippen LogP) is 5.91. The van der Waals surface area contributed by atoms with Gasteiger partial charge in [-0.1, -0.05) is 33.1 Å².